The van der Waals surface area contributed by atoms with Crippen molar-refractivity contribution in [2.24, 2.45) is 0 Å². The van der Waals surface area contributed by atoms with Gasteiger partial charge in [0.15, 0.2) is 0 Å². The maximum absolute atomic E-state index is 12.9. The maximum Gasteiger partial charge on any atom is 0.215 e. The fourth-order valence-corrected chi connectivity index (χ4v) is 3.25. The highest BCUT2D eigenvalue weighted by molar-refractivity contribution is 7.88. The first kappa shape index (κ1) is 17.5. The minimum atomic E-state index is -3.70. The minimum Gasteiger partial charge on any atom is -0.384 e. The first-order valence-electron chi connectivity index (χ1n) is 6.88. The van der Waals surface area contributed by atoms with E-state index in [1.807, 2.05) is 0 Å². The van der Waals surface area contributed by atoms with E-state index in [1.165, 1.54) is 55.5 Å². The lowest BCUT2D eigenvalue weighted by Gasteiger charge is -2.24. The molecular formula is C16H17F2NO3S. The van der Waals surface area contributed by atoms with Gasteiger partial charge in [-0.3, -0.25) is 0 Å². The van der Waals surface area contributed by atoms with Crippen LogP contribution in [-0.2, 0) is 21.4 Å². The van der Waals surface area contributed by atoms with E-state index in [0.717, 1.165) is 0 Å². The number of hydrogen-bond acceptors (Lipinski definition) is 3. The Morgan fingerprint density at radius 2 is 1.48 bits per heavy atom. The Hall–Kier alpha value is -1.83. The van der Waals surface area contributed by atoms with E-state index >= 15 is 0 Å². The van der Waals surface area contributed by atoms with Crippen LogP contribution in [0.1, 0.15) is 18.1 Å². The molecule has 2 aromatic carbocycles. The zero-order valence-electron chi connectivity index (χ0n) is 12.5. The molecule has 0 aliphatic carbocycles. The fraction of sp³-hybridized carbons (Fsp3) is 0.250. The van der Waals surface area contributed by atoms with Crippen LogP contribution in [0.15, 0.2) is 48.5 Å². The molecule has 0 saturated heterocycles. The molecule has 0 radical (unpaired) electrons. The molecule has 0 spiro atoms. The lowest BCUT2D eigenvalue weighted by atomic mass is 9.96. The van der Waals surface area contributed by atoms with Gasteiger partial charge in [-0.15, -0.1) is 0 Å². The van der Waals surface area contributed by atoms with Crippen molar-refractivity contribution in [2.75, 3.05) is 6.54 Å². The fourth-order valence-electron chi connectivity index (χ4n) is 2.01. The molecule has 0 aliphatic rings. The van der Waals surface area contributed by atoms with E-state index in [0.29, 0.717) is 11.1 Å². The Labute approximate surface area is 133 Å². The van der Waals surface area contributed by atoms with Gasteiger partial charge in [-0.1, -0.05) is 24.3 Å². The molecule has 0 aromatic heterocycles. The lowest BCUT2D eigenvalue weighted by Crippen LogP contribution is -2.39. The van der Waals surface area contributed by atoms with Crippen LogP contribution in [-0.4, -0.2) is 20.1 Å². The highest BCUT2D eigenvalue weighted by Gasteiger charge is 2.25. The second kappa shape index (κ2) is 6.74. The molecular weight excluding hydrogens is 324 g/mol. The molecule has 1 atom stereocenters. The Bertz CT molecular complexity index is 757. The van der Waals surface area contributed by atoms with Crippen molar-refractivity contribution in [3.8, 4) is 0 Å². The van der Waals surface area contributed by atoms with Gasteiger partial charge in [-0.2, -0.15) is 0 Å². The van der Waals surface area contributed by atoms with Gasteiger partial charge in [0, 0.05) is 6.54 Å². The van der Waals surface area contributed by atoms with Crippen molar-refractivity contribution in [3.63, 3.8) is 0 Å². The second-order valence-electron chi connectivity index (χ2n) is 5.49. The molecule has 1 unspecified atom stereocenters. The predicted octanol–water partition coefficient (Wildman–Crippen LogP) is 2.29. The van der Waals surface area contributed by atoms with Crippen LogP contribution in [0.3, 0.4) is 0 Å². The number of nitrogens with one attached hydrogen (secondary N) is 1. The summed E-state index contributed by atoms with van der Waals surface area (Å²) in [6.07, 6.45) is 0. The van der Waals surface area contributed by atoms with Crippen LogP contribution < -0.4 is 4.72 Å². The Balaban J connectivity index is 2.03. The van der Waals surface area contributed by atoms with Crippen LogP contribution in [0.4, 0.5) is 8.78 Å². The molecule has 2 N–H and O–H groups in total. The summed E-state index contributed by atoms with van der Waals surface area (Å²) in [4.78, 5) is 0. The van der Waals surface area contributed by atoms with E-state index in [4.69, 9.17) is 0 Å². The summed E-state index contributed by atoms with van der Waals surface area (Å²) in [5.74, 6) is -1.22. The zero-order valence-corrected chi connectivity index (χ0v) is 13.3. The number of sulfonamides is 1. The number of benzene rings is 2. The number of aliphatic hydroxyl groups is 1. The molecule has 0 saturated carbocycles. The van der Waals surface area contributed by atoms with Gasteiger partial charge >= 0.3 is 0 Å². The molecule has 0 bridgehead atoms. The van der Waals surface area contributed by atoms with E-state index in [2.05, 4.69) is 4.72 Å². The van der Waals surface area contributed by atoms with Gasteiger partial charge in [0.2, 0.25) is 10.0 Å². The smallest absolute Gasteiger partial charge is 0.215 e. The molecule has 2 rings (SSSR count). The van der Waals surface area contributed by atoms with Crippen molar-refractivity contribution in [1.29, 1.82) is 0 Å². The summed E-state index contributed by atoms with van der Waals surface area (Å²) >= 11 is 0. The minimum absolute atomic E-state index is 0.262. The Morgan fingerprint density at radius 3 is 2.00 bits per heavy atom. The molecule has 0 fully saturated rings. The molecule has 4 nitrogen and oxygen atoms in total. The first-order chi connectivity index (χ1) is 10.7. The topological polar surface area (TPSA) is 66.4 Å². The van der Waals surface area contributed by atoms with Gasteiger partial charge in [-0.05, 0) is 42.3 Å². The number of halogens is 2. The van der Waals surface area contributed by atoms with Crippen molar-refractivity contribution >= 4 is 10.0 Å². The second-order valence-corrected chi connectivity index (χ2v) is 7.29. The third-order valence-corrected chi connectivity index (χ3v) is 4.67. The summed E-state index contributed by atoms with van der Waals surface area (Å²) in [6, 6.07) is 10.3. The van der Waals surface area contributed by atoms with Gasteiger partial charge in [0.1, 0.15) is 17.2 Å². The SMILES string of the molecule is CC(O)(CNS(=O)(=O)Cc1ccc(F)cc1)c1ccc(F)cc1. The average Bonchev–Trinajstić information content (AvgIpc) is 2.48. The number of rotatable bonds is 6. The maximum atomic E-state index is 12.9. The lowest BCUT2D eigenvalue weighted by molar-refractivity contribution is 0.0627. The van der Waals surface area contributed by atoms with Gasteiger partial charge < -0.3 is 5.11 Å². The normalized spacial score (nSPS) is 14.4. The number of hydrogen-bond donors (Lipinski definition) is 2. The molecule has 124 valence electrons. The molecule has 2 aromatic rings. The summed E-state index contributed by atoms with van der Waals surface area (Å²) in [6.45, 7) is 1.17. The van der Waals surface area contributed by atoms with Crippen molar-refractivity contribution < 1.29 is 22.3 Å². The predicted molar refractivity (Wildman–Crippen MR) is 83.0 cm³/mol. The molecule has 0 amide bonds. The zero-order chi connectivity index (χ0) is 17.1. The van der Waals surface area contributed by atoms with Gasteiger partial charge in [-0.25, -0.2) is 21.9 Å². The highest BCUT2D eigenvalue weighted by atomic mass is 32.2. The molecule has 23 heavy (non-hydrogen) atoms. The summed E-state index contributed by atoms with van der Waals surface area (Å²) < 4.78 is 52.1. The van der Waals surface area contributed by atoms with Crippen LogP contribution >= 0.6 is 0 Å². The van der Waals surface area contributed by atoms with E-state index < -0.39 is 27.3 Å². The molecule has 7 heteroatoms. The van der Waals surface area contributed by atoms with Gasteiger partial charge in [0.25, 0.3) is 0 Å². The van der Waals surface area contributed by atoms with E-state index in [1.54, 1.807) is 0 Å². The Morgan fingerprint density at radius 1 is 1.00 bits per heavy atom. The monoisotopic (exact) mass is 341 g/mol. The van der Waals surface area contributed by atoms with E-state index in [9.17, 15) is 22.3 Å². The highest BCUT2D eigenvalue weighted by Crippen LogP contribution is 2.20. The summed E-state index contributed by atoms with van der Waals surface area (Å²) in [5, 5.41) is 10.3. The largest absolute Gasteiger partial charge is 0.384 e. The van der Waals surface area contributed by atoms with E-state index in [-0.39, 0.29) is 12.3 Å². The third-order valence-electron chi connectivity index (χ3n) is 3.37. The molecule has 0 heterocycles. The summed E-state index contributed by atoms with van der Waals surface area (Å²) in [5.41, 5.74) is -0.660. The molecule has 0 aliphatic heterocycles. The van der Waals surface area contributed by atoms with Crippen molar-refractivity contribution in [1.82, 2.24) is 4.72 Å². The quantitative estimate of drug-likeness (QED) is 0.847. The van der Waals surface area contributed by atoms with Crippen LogP contribution in [0.2, 0.25) is 0 Å². The summed E-state index contributed by atoms with van der Waals surface area (Å²) in [7, 11) is -3.70. The standard InChI is InChI=1S/C16H17F2NO3S/c1-16(20,13-4-8-15(18)9-5-13)11-19-23(21,22)10-12-2-6-14(17)7-3-12/h2-9,19-20H,10-11H2,1H3. The van der Waals surface area contributed by atoms with Crippen LogP contribution in [0.5, 0.6) is 0 Å². The van der Waals surface area contributed by atoms with Crippen LogP contribution in [0.25, 0.3) is 0 Å². The average molecular weight is 341 g/mol. The third kappa shape index (κ3) is 5.09. The van der Waals surface area contributed by atoms with Crippen molar-refractivity contribution in [2.45, 2.75) is 18.3 Å². The van der Waals surface area contributed by atoms with Gasteiger partial charge in [0.05, 0.1) is 5.75 Å². The Kier molecular flexibility index (Phi) is 5.13. The van der Waals surface area contributed by atoms with Crippen molar-refractivity contribution in [3.05, 3.63) is 71.3 Å². The first-order valence-corrected chi connectivity index (χ1v) is 8.53. The van der Waals surface area contributed by atoms with Crippen LogP contribution in [0, 0.1) is 11.6 Å².